The summed E-state index contributed by atoms with van der Waals surface area (Å²) >= 11 is 0. The molecule has 0 rings (SSSR count). The monoisotopic (exact) mass is 312 g/mol. The van der Waals surface area contributed by atoms with Crippen LogP contribution in [-0.2, 0) is 43.6 Å². The molecular weight excluding hydrogens is 310 g/mol. The van der Waals surface area contributed by atoms with E-state index in [0.717, 1.165) is 0 Å². The van der Waals surface area contributed by atoms with Crippen molar-refractivity contribution in [2.75, 3.05) is 0 Å². The summed E-state index contributed by atoms with van der Waals surface area (Å²) in [6.07, 6.45) is 0. The third-order valence-electron chi connectivity index (χ3n) is 0. The van der Waals surface area contributed by atoms with Gasteiger partial charge in [0.1, 0.15) is 0 Å². The van der Waals surface area contributed by atoms with Crippen molar-refractivity contribution >= 4 is 17.4 Å². The van der Waals surface area contributed by atoms with Crippen LogP contribution in [0.2, 0.25) is 0 Å². The molecule has 0 atom stereocenters. The van der Waals surface area contributed by atoms with Gasteiger partial charge in [-0.1, -0.05) is 0 Å². The van der Waals surface area contributed by atoms with E-state index in [2.05, 4.69) is 0 Å². The molecular formula is H3AlCeCrZr. The maximum absolute atomic E-state index is 0. The molecule has 0 radical (unpaired) electrons. The molecule has 0 aromatic carbocycles. The summed E-state index contributed by atoms with van der Waals surface area (Å²) in [7, 11) is 0. The van der Waals surface area contributed by atoms with E-state index in [0.29, 0.717) is 0 Å². The zero-order chi connectivity index (χ0) is 0. The van der Waals surface area contributed by atoms with Crippen LogP contribution in [0.1, 0.15) is 0 Å². The van der Waals surface area contributed by atoms with Crippen molar-refractivity contribution in [1.82, 2.24) is 0 Å². The Bertz CT molecular complexity index is 8.00. The van der Waals surface area contributed by atoms with Crippen LogP contribution in [0.4, 0.5) is 0 Å². The molecule has 20 valence electrons. The molecule has 0 bridgehead atoms. The Morgan fingerprint density at radius 2 is 1.00 bits per heavy atom. The number of hydrogen-bond acceptors (Lipinski definition) is 0. The third-order valence-corrected chi connectivity index (χ3v) is 0. The van der Waals surface area contributed by atoms with E-state index in [1.807, 2.05) is 0 Å². The Morgan fingerprint density at radius 1 is 1.00 bits per heavy atom. The molecule has 0 nitrogen and oxygen atoms in total. The molecule has 0 aliphatic rings. The molecule has 0 fully saturated rings. The molecule has 4 heavy (non-hydrogen) atoms. The van der Waals surface area contributed by atoms with E-state index < -0.39 is 0 Å². The van der Waals surface area contributed by atoms with Gasteiger partial charge in [-0.25, -0.2) is 0 Å². The minimum Gasteiger partial charge on any atom is 0 e. The fourth-order valence-electron chi connectivity index (χ4n) is 0. The van der Waals surface area contributed by atoms with Gasteiger partial charge in [-0.15, -0.1) is 0 Å². The van der Waals surface area contributed by atoms with E-state index in [4.69, 9.17) is 0 Å². The van der Waals surface area contributed by atoms with Crippen LogP contribution in [-0.4, -0.2) is 17.4 Å². The van der Waals surface area contributed by atoms with E-state index >= 15 is 0 Å². The maximum atomic E-state index is 0. The molecule has 0 saturated heterocycles. The zero-order valence-electron chi connectivity index (χ0n) is 1.41. The quantitative estimate of drug-likeness (QED) is 0.494. The maximum Gasteiger partial charge on any atom is 0.187 e. The fourth-order valence-corrected chi connectivity index (χ4v) is 0. The number of rotatable bonds is 0. The van der Waals surface area contributed by atoms with Crippen LogP contribution < -0.4 is 0 Å². The molecule has 0 aliphatic heterocycles. The van der Waals surface area contributed by atoms with Gasteiger partial charge in [0.15, 0.2) is 17.4 Å². The van der Waals surface area contributed by atoms with Crippen LogP contribution in [0.3, 0.4) is 0 Å². The molecule has 0 aromatic rings. The SMILES string of the molecule is [AlH3].[Ce].[Cr].[Zr]. The van der Waals surface area contributed by atoms with Crippen LogP contribution in [0, 0.1) is 41.7 Å². The minimum absolute atomic E-state index is 0. The molecule has 0 aliphatic carbocycles. The second-order valence-electron chi connectivity index (χ2n) is 0. The molecule has 0 saturated carbocycles. The predicted octanol–water partition coefficient (Wildman–Crippen LogP) is -1.19. The summed E-state index contributed by atoms with van der Waals surface area (Å²) in [6.45, 7) is 0. The van der Waals surface area contributed by atoms with E-state index in [1.54, 1.807) is 0 Å². The first-order valence-electron chi connectivity index (χ1n) is 0. The Balaban J connectivity index is 0. The minimum atomic E-state index is 0. The summed E-state index contributed by atoms with van der Waals surface area (Å²) in [4.78, 5) is 0. The fraction of sp³-hybridized carbons (Fsp3) is 0. The van der Waals surface area contributed by atoms with Crippen molar-refractivity contribution in [1.29, 1.82) is 0 Å². The summed E-state index contributed by atoms with van der Waals surface area (Å²) in [6, 6.07) is 0. The Labute approximate surface area is 100 Å². The Kier molecular flexibility index (Phi) is 108. The first-order valence-corrected chi connectivity index (χ1v) is 0. The molecule has 0 amide bonds. The molecule has 0 heterocycles. The van der Waals surface area contributed by atoms with Gasteiger partial charge in [-0.05, 0) is 0 Å². The zero-order valence-corrected chi connectivity index (χ0v) is 8.28. The summed E-state index contributed by atoms with van der Waals surface area (Å²) in [5.41, 5.74) is 0. The average molecular weight is 313 g/mol. The normalized spacial score (nSPS) is 0. The van der Waals surface area contributed by atoms with Crippen molar-refractivity contribution in [2.24, 2.45) is 0 Å². The van der Waals surface area contributed by atoms with Crippen molar-refractivity contribution in [3.63, 3.8) is 0 Å². The first-order chi connectivity index (χ1) is 0. The molecule has 0 spiro atoms. The second-order valence-corrected chi connectivity index (χ2v) is 0. The van der Waals surface area contributed by atoms with Crippen molar-refractivity contribution in [3.05, 3.63) is 0 Å². The van der Waals surface area contributed by atoms with E-state index in [9.17, 15) is 0 Å². The van der Waals surface area contributed by atoms with Gasteiger partial charge in [0.2, 0.25) is 0 Å². The van der Waals surface area contributed by atoms with Crippen molar-refractivity contribution in [3.8, 4) is 0 Å². The molecule has 0 unspecified atom stereocenters. The molecule has 0 aromatic heterocycles. The largest absolute Gasteiger partial charge is 0.187 e. The first kappa shape index (κ1) is 26.5. The third kappa shape index (κ3) is 9.01. The van der Waals surface area contributed by atoms with Crippen LogP contribution in [0.25, 0.3) is 0 Å². The van der Waals surface area contributed by atoms with Gasteiger partial charge in [0.25, 0.3) is 0 Å². The van der Waals surface area contributed by atoms with Gasteiger partial charge in [-0.3, -0.25) is 0 Å². The summed E-state index contributed by atoms with van der Waals surface area (Å²) in [5.74, 6) is 0. The van der Waals surface area contributed by atoms with Crippen LogP contribution >= 0.6 is 0 Å². The van der Waals surface area contributed by atoms with E-state index in [-0.39, 0.29) is 103 Å². The van der Waals surface area contributed by atoms with Gasteiger partial charge in [0.05, 0.1) is 0 Å². The average Bonchev–Trinajstić information content (AvgIpc) is 0. The predicted molar refractivity (Wildman–Crippen MR) is 9.94 cm³/mol. The molecule has 0 N–H and O–H groups in total. The van der Waals surface area contributed by atoms with Gasteiger partial charge in [0, 0.05) is 85.3 Å². The van der Waals surface area contributed by atoms with Gasteiger partial charge < -0.3 is 0 Å². The van der Waals surface area contributed by atoms with Crippen molar-refractivity contribution < 1.29 is 85.3 Å². The summed E-state index contributed by atoms with van der Waals surface area (Å²) < 4.78 is 0. The van der Waals surface area contributed by atoms with E-state index in [1.165, 1.54) is 0 Å². The summed E-state index contributed by atoms with van der Waals surface area (Å²) in [5, 5.41) is 0. The van der Waals surface area contributed by atoms with Crippen LogP contribution in [0.5, 0.6) is 0 Å². The second kappa shape index (κ2) is 16.2. The van der Waals surface area contributed by atoms with Crippen LogP contribution in [0.15, 0.2) is 0 Å². The topological polar surface area (TPSA) is 0 Å². The standard InChI is InChI=1S/Al.Ce.Cr.Zr.3H. The van der Waals surface area contributed by atoms with Gasteiger partial charge in [-0.2, -0.15) is 0 Å². The Morgan fingerprint density at radius 3 is 1.00 bits per heavy atom. The Hall–Kier alpha value is 3.32. The van der Waals surface area contributed by atoms with Gasteiger partial charge >= 0.3 is 0 Å². The van der Waals surface area contributed by atoms with Crippen molar-refractivity contribution in [2.45, 2.75) is 0 Å². The number of hydrogen-bond donors (Lipinski definition) is 0. The smallest absolute Gasteiger partial charge is 0 e. The molecule has 4 heteroatoms.